The largest absolute Gasteiger partial charge is 0.345 e. The number of rotatable bonds is 6. The van der Waals surface area contributed by atoms with Crippen LogP contribution in [0.5, 0.6) is 0 Å². The van der Waals surface area contributed by atoms with E-state index in [0.29, 0.717) is 6.04 Å². The quantitative estimate of drug-likeness (QED) is 0.837. The van der Waals surface area contributed by atoms with Crippen LogP contribution >= 0.6 is 11.3 Å². The lowest BCUT2D eigenvalue weighted by Crippen LogP contribution is -2.20. The van der Waals surface area contributed by atoms with Crippen molar-refractivity contribution in [2.75, 3.05) is 6.54 Å². The van der Waals surface area contributed by atoms with Crippen LogP contribution < -0.4 is 5.32 Å². The van der Waals surface area contributed by atoms with Crippen molar-refractivity contribution in [3.05, 3.63) is 45.9 Å². The smallest absolute Gasteiger partial charge is 0.0566 e. The SMILES string of the molecule is CCNC(C)c1cccn1Cc1ccc(CC)s1. The molecule has 18 heavy (non-hydrogen) atoms. The Hall–Kier alpha value is -1.06. The summed E-state index contributed by atoms with van der Waals surface area (Å²) in [5, 5.41) is 3.47. The molecule has 0 bridgehead atoms. The number of hydrogen-bond donors (Lipinski definition) is 1. The molecule has 0 aliphatic carbocycles. The fourth-order valence-electron chi connectivity index (χ4n) is 2.24. The molecule has 2 aromatic rings. The molecule has 3 heteroatoms. The number of aromatic nitrogens is 1. The van der Waals surface area contributed by atoms with Crippen molar-refractivity contribution >= 4 is 11.3 Å². The normalized spacial score (nSPS) is 12.8. The number of hydrogen-bond acceptors (Lipinski definition) is 2. The minimum atomic E-state index is 0.413. The van der Waals surface area contributed by atoms with Gasteiger partial charge in [0.15, 0.2) is 0 Å². The first-order chi connectivity index (χ1) is 8.74. The summed E-state index contributed by atoms with van der Waals surface area (Å²) in [6, 6.07) is 9.26. The minimum Gasteiger partial charge on any atom is -0.345 e. The Kier molecular flexibility index (Phi) is 4.61. The molecule has 1 unspecified atom stereocenters. The molecular formula is C15H22N2S. The zero-order valence-electron chi connectivity index (χ0n) is 11.4. The van der Waals surface area contributed by atoms with Crippen LogP contribution in [0.3, 0.4) is 0 Å². The Balaban J connectivity index is 2.11. The summed E-state index contributed by atoms with van der Waals surface area (Å²) in [5.41, 5.74) is 1.36. The number of thiophene rings is 1. The zero-order valence-corrected chi connectivity index (χ0v) is 12.3. The molecule has 2 heterocycles. The molecule has 1 atom stereocenters. The van der Waals surface area contributed by atoms with Crippen LogP contribution in [0, 0.1) is 0 Å². The van der Waals surface area contributed by atoms with Gasteiger partial charge in [-0.3, -0.25) is 0 Å². The molecular weight excluding hydrogens is 240 g/mol. The second-order valence-corrected chi connectivity index (χ2v) is 5.81. The highest BCUT2D eigenvalue weighted by Gasteiger charge is 2.09. The van der Waals surface area contributed by atoms with Crippen molar-refractivity contribution in [3.63, 3.8) is 0 Å². The molecule has 2 aromatic heterocycles. The first-order valence-electron chi connectivity index (χ1n) is 6.70. The van der Waals surface area contributed by atoms with Gasteiger partial charge >= 0.3 is 0 Å². The van der Waals surface area contributed by atoms with Gasteiger partial charge in [0.1, 0.15) is 0 Å². The van der Waals surface area contributed by atoms with Gasteiger partial charge in [-0.05, 0) is 44.2 Å². The topological polar surface area (TPSA) is 17.0 Å². The summed E-state index contributed by atoms with van der Waals surface area (Å²) < 4.78 is 2.35. The lowest BCUT2D eigenvalue weighted by Gasteiger charge is -2.15. The molecule has 1 N–H and O–H groups in total. The molecule has 0 aliphatic heterocycles. The van der Waals surface area contributed by atoms with Gasteiger partial charge in [0.05, 0.1) is 6.54 Å². The lowest BCUT2D eigenvalue weighted by molar-refractivity contribution is 0.554. The fraction of sp³-hybridized carbons (Fsp3) is 0.467. The van der Waals surface area contributed by atoms with E-state index in [2.05, 4.69) is 61.1 Å². The Morgan fingerprint density at radius 1 is 1.22 bits per heavy atom. The monoisotopic (exact) mass is 262 g/mol. The van der Waals surface area contributed by atoms with Crippen LogP contribution in [-0.2, 0) is 13.0 Å². The maximum Gasteiger partial charge on any atom is 0.0566 e. The predicted molar refractivity (Wildman–Crippen MR) is 79.3 cm³/mol. The molecule has 0 aromatic carbocycles. The minimum absolute atomic E-state index is 0.413. The molecule has 0 spiro atoms. The highest BCUT2D eigenvalue weighted by molar-refractivity contribution is 7.11. The lowest BCUT2D eigenvalue weighted by atomic mass is 10.2. The van der Waals surface area contributed by atoms with Crippen molar-refractivity contribution in [1.29, 1.82) is 0 Å². The number of aryl methyl sites for hydroxylation is 1. The van der Waals surface area contributed by atoms with Crippen molar-refractivity contribution in [2.45, 2.75) is 39.8 Å². The standard InChI is InChI=1S/C15H22N2S/c1-4-13-8-9-14(18-13)11-17-10-6-7-15(17)12(3)16-5-2/h6-10,12,16H,4-5,11H2,1-3H3. The maximum absolute atomic E-state index is 3.47. The van der Waals surface area contributed by atoms with Crippen LogP contribution in [0.15, 0.2) is 30.5 Å². The van der Waals surface area contributed by atoms with Crippen molar-refractivity contribution < 1.29 is 0 Å². The molecule has 0 fully saturated rings. The summed E-state index contributed by atoms with van der Waals surface area (Å²) in [6.07, 6.45) is 3.31. The zero-order chi connectivity index (χ0) is 13.0. The van der Waals surface area contributed by atoms with Gasteiger partial charge in [-0.15, -0.1) is 11.3 Å². The van der Waals surface area contributed by atoms with Crippen molar-refractivity contribution in [3.8, 4) is 0 Å². The molecule has 2 nitrogen and oxygen atoms in total. The van der Waals surface area contributed by atoms with E-state index >= 15 is 0 Å². The summed E-state index contributed by atoms with van der Waals surface area (Å²) in [5.74, 6) is 0. The van der Waals surface area contributed by atoms with E-state index in [0.717, 1.165) is 19.5 Å². The van der Waals surface area contributed by atoms with Gasteiger partial charge in [-0.25, -0.2) is 0 Å². The van der Waals surface area contributed by atoms with Gasteiger partial charge in [0.2, 0.25) is 0 Å². The van der Waals surface area contributed by atoms with E-state index in [1.165, 1.54) is 15.4 Å². The van der Waals surface area contributed by atoms with E-state index in [4.69, 9.17) is 0 Å². The molecule has 0 radical (unpaired) electrons. The van der Waals surface area contributed by atoms with Crippen molar-refractivity contribution in [1.82, 2.24) is 9.88 Å². The fourth-order valence-corrected chi connectivity index (χ4v) is 3.20. The van der Waals surface area contributed by atoms with E-state index in [1.54, 1.807) is 0 Å². The summed E-state index contributed by atoms with van der Waals surface area (Å²) in [6.45, 7) is 8.58. The molecule has 2 rings (SSSR count). The van der Waals surface area contributed by atoms with Crippen LogP contribution in [-0.4, -0.2) is 11.1 Å². The highest BCUT2D eigenvalue weighted by atomic mass is 32.1. The van der Waals surface area contributed by atoms with E-state index < -0.39 is 0 Å². The summed E-state index contributed by atoms with van der Waals surface area (Å²) in [4.78, 5) is 2.91. The average molecular weight is 262 g/mol. The summed E-state index contributed by atoms with van der Waals surface area (Å²) in [7, 11) is 0. The number of nitrogens with zero attached hydrogens (tertiary/aromatic N) is 1. The average Bonchev–Trinajstić information content (AvgIpc) is 2.99. The Morgan fingerprint density at radius 3 is 2.67 bits per heavy atom. The third kappa shape index (κ3) is 3.03. The Morgan fingerprint density at radius 2 is 2.00 bits per heavy atom. The molecule has 98 valence electrons. The van der Waals surface area contributed by atoms with E-state index in [1.807, 2.05) is 11.3 Å². The highest BCUT2D eigenvalue weighted by Crippen LogP contribution is 2.21. The first kappa shape index (κ1) is 13.4. The first-order valence-corrected chi connectivity index (χ1v) is 7.52. The predicted octanol–water partition coefficient (Wildman–Crippen LogP) is 3.83. The second-order valence-electron chi connectivity index (χ2n) is 4.56. The van der Waals surface area contributed by atoms with Crippen LogP contribution in [0.25, 0.3) is 0 Å². The summed E-state index contributed by atoms with van der Waals surface area (Å²) >= 11 is 1.92. The van der Waals surface area contributed by atoms with Crippen molar-refractivity contribution in [2.24, 2.45) is 0 Å². The van der Waals surface area contributed by atoms with Crippen LogP contribution in [0.1, 0.15) is 42.3 Å². The third-order valence-electron chi connectivity index (χ3n) is 3.21. The van der Waals surface area contributed by atoms with Crippen LogP contribution in [0.2, 0.25) is 0 Å². The Labute approximate surface area is 114 Å². The van der Waals surface area contributed by atoms with E-state index in [-0.39, 0.29) is 0 Å². The number of nitrogens with one attached hydrogen (secondary N) is 1. The molecule has 0 saturated heterocycles. The molecule has 0 saturated carbocycles. The molecule has 0 aliphatic rings. The van der Waals surface area contributed by atoms with Gasteiger partial charge in [0.25, 0.3) is 0 Å². The van der Waals surface area contributed by atoms with Gasteiger partial charge in [0, 0.05) is 27.7 Å². The molecule has 0 amide bonds. The van der Waals surface area contributed by atoms with Gasteiger partial charge in [-0.2, -0.15) is 0 Å². The van der Waals surface area contributed by atoms with E-state index in [9.17, 15) is 0 Å². The maximum atomic E-state index is 3.47. The van der Waals surface area contributed by atoms with Gasteiger partial charge < -0.3 is 9.88 Å². The van der Waals surface area contributed by atoms with Gasteiger partial charge in [-0.1, -0.05) is 13.8 Å². The third-order valence-corrected chi connectivity index (χ3v) is 4.42. The Bertz CT molecular complexity index is 484. The van der Waals surface area contributed by atoms with Crippen LogP contribution in [0.4, 0.5) is 0 Å². The second kappa shape index (κ2) is 6.21.